The van der Waals surface area contributed by atoms with Crippen LogP contribution in [0.1, 0.15) is 66.2 Å². The van der Waals surface area contributed by atoms with Crippen molar-refractivity contribution in [1.29, 1.82) is 5.26 Å². The number of rotatable bonds is 15. The maximum Gasteiger partial charge on any atom is 0.459 e. The average Bonchev–Trinajstić information content (AvgIpc) is 3.74. The highest BCUT2D eigenvalue weighted by Gasteiger charge is 2.62. The largest absolute Gasteiger partial charge is 0.461 e. The Morgan fingerprint density at radius 1 is 1.02 bits per heavy atom. The van der Waals surface area contributed by atoms with Gasteiger partial charge in [0.05, 0.1) is 30.7 Å². The predicted molar refractivity (Wildman–Crippen MR) is 204 cm³/mol. The van der Waals surface area contributed by atoms with E-state index in [1.54, 1.807) is 58.0 Å². The van der Waals surface area contributed by atoms with Crippen molar-refractivity contribution in [3.05, 3.63) is 54.5 Å². The zero-order valence-electron chi connectivity index (χ0n) is 33.3. The van der Waals surface area contributed by atoms with Gasteiger partial charge in [0.25, 0.3) is 0 Å². The lowest BCUT2D eigenvalue weighted by atomic mass is 9.95. The van der Waals surface area contributed by atoms with Gasteiger partial charge >= 0.3 is 25.7 Å². The fourth-order valence-corrected chi connectivity index (χ4v) is 7.33. The van der Waals surface area contributed by atoms with Crippen molar-refractivity contribution >= 4 is 42.8 Å². The number of hydrogen-bond donors (Lipinski definition) is 1. The SMILES string of the molecule is CC(=Nc1ncnn2c([C@@H]3O[C@](C#N)(COP(=O)(NC(C)C(=O)OC4CCOCC4)Oc4ccccc4)[C@@H](OC(=O)C(C)C)[C@H]3OC(=O)C(C)C)ccc12)N(C)C. The van der Waals surface area contributed by atoms with E-state index in [4.69, 9.17) is 32.7 Å². The molecule has 57 heavy (non-hydrogen) atoms. The number of carbonyl (C=O) groups excluding carboxylic acids is 3. The molecule has 3 aromatic rings. The van der Waals surface area contributed by atoms with Crippen molar-refractivity contribution in [2.24, 2.45) is 16.8 Å². The number of nitriles is 1. The van der Waals surface area contributed by atoms with Crippen molar-refractivity contribution in [3.8, 4) is 11.8 Å². The van der Waals surface area contributed by atoms with E-state index in [0.717, 1.165) is 0 Å². The van der Waals surface area contributed by atoms with Crippen LogP contribution in [0.4, 0.5) is 5.82 Å². The Kier molecular flexibility index (Phi) is 14.1. The molecule has 2 aliphatic rings. The second-order valence-corrected chi connectivity index (χ2v) is 16.3. The van der Waals surface area contributed by atoms with E-state index >= 15 is 0 Å². The predicted octanol–water partition coefficient (Wildman–Crippen LogP) is 4.71. The van der Waals surface area contributed by atoms with E-state index in [0.29, 0.717) is 48.9 Å². The van der Waals surface area contributed by atoms with Crippen LogP contribution in [0.15, 0.2) is 53.8 Å². The molecule has 19 heteroatoms. The highest BCUT2D eigenvalue weighted by atomic mass is 31.2. The summed E-state index contributed by atoms with van der Waals surface area (Å²) in [5.41, 5.74) is -1.53. The Hall–Kier alpha value is -4.92. The Labute approximate surface area is 331 Å². The summed E-state index contributed by atoms with van der Waals surface area (Å²) in [5, 5.41) is 18.0. The molecule has 2 saturated heterocycles. The molecular formula is C38H50N7O11P. The molecule has 1 aromatic carbocycles. The van der Waals surface area contributed by atoms with Crippen LogP contribution in [0.2, 0.25) is 0 Å². The third-order valence-corrected chi connectivity index (χ3v) is 10.9. The summed E-state index contributed by atoms with van der Waals surface area (Å²) in [4.78, 5) is 50.6. The van der Waals surface area contributed by atoms with Gasteiger partial charge in [-0.05, 0) is 38.1 Å². The van der Waals surface area contributed by atoms with Crippen LogP contribution >= 0.6 is 7.75 Å². The molecule has 2 aliphatic heterocycles. The van der Waals surface area contributed by atoms with Crippen LogP contribution in [-0.2, 0) is 47.2 Å². The number of fused-ring (bicyclic) bond motifs is 1. The van der Waals surface area contributed by atoms with Crippen molar-refractivity contribution in [3.63, 3.8) is 0 Å². The maximum absolute atomic E-state index is 14.7. The lowest BCUT2D eigenvalue weighted by molar-refractivity contribution is -0.173. The van der Waals surface area contributed by atoms with Gasteiger partial charge < -0.3 is 33.1 Å². The van der Waals surface area contributed by atoms with Crippen molar-refractivity contribution in [2.75, 3.05) is 33.9 Å². The number of esters is 3. The van der Waals surface area contributed by atoms with Gasteiger partial charge in [-0.15, -0.1) is 0 Å². The Morgan fingerprint density at radius 3 is 2.32 bits per heavy atom. The zero-order valence-corrected chi connectivity index (χ0v) is 34.2. The molecule has 0 amide bonds. The second-order valence-electron chi connectivity index (χ2n) is 14.6. The maximum atomic E-state index is 14.7. The molecule has 0 aliphatic carbocycles. The first-order valence-corrected chi connectivity index (χ1v) is 20.2. The molecule has 0 radical (unpaired) electrons. The summed E-state index contributed by atoms with van der Waals surface area (Å²) in [6.07, 6.45) is -2.48. The summed E-state index contributed by atoms with van der Waals surface area (Å²) in [6, 6.07) is 12.2. The minimum Gasteiger partial charge on any atom is -0.461 e. The summed E-state index contributed by atoms with van der Waals surface area (Å²) in [6.45, 7) is 9.68. The number of nitrogens with one attached hydrogen (secondary N) is 1. The number of carbonyl (C=O) groups is 3. The van der Waals surface area contributed by atoms with Crippen LogP contribution in [0.5, 0.6) is 5.75 Å². The molecule has 2 fully saturated rings. The lowest BCUT2D eigenvalue weighted by Crippen LogP contribution is -2.50. The summed E-state index contributed by atoms with van der Waals surface area (Å²) >= 11 is 0. The molecule has 18 nitrogen and oxygen atoms in total. The topological polar surface area (TPSA) is 214 Å². The second kappa shape index (κ2) is 18.6. The van der Waals surface area contributed by atoms with E-state index in [1.165, 1.54) is 29.9 Å². The monoisotopic (exact) mass is 811 g/mol. The quantitative estimate of drug-likeness (QED) is 0.0723. The third kappa shape index (κ3) is 10.3. The first-order chi connectivity index (χ1) is 27.1. The number of para-hydroxylation sites is 1. The van der Waals surface area contributed by atoms with E-state index in [9.17, 15) is 24.2 Å². The Balaban J connectivity index is 1.56. The van der Waals surface area contributed by atoms with Gasteiger partial charge in [-0.3, -0.25) is 18.9 Å². The smallest absolute Gasteiger partial charge is 0.459 e. The minimum atomic E-state index is -4.60. The molecule has 5 rings (SSSR count). The van der Waals surface area contributed by atoms with E-state index in [-0.39, 0.29) is 5.75 Å². The summed E-state index contributed by atoms with van der Waals surface area (Å²) < 4.78 is 57.5. The molecule has 0 spiro atoms. The normalized spacial score (nSPS) is 23.1. The first kappa shape index (κ1) is 43.2. The Morgan fingerprint density at radius 2 is 1.68 bits per heavy atom. The number of amidine groups is 1. The number of benzene rings is 1. The number of ether oxygens (including phenoxy) is 5. The number of aliphatic imine (C=N–C) groups is 1. The third-order valence-electron chi connectivity index (χ3n) is 9.26. The van der Waals surface area contributed by atoms with E-state index in [1.807, 2.05) is 25.9 Å². The molecule has 1 N–H and O–H groups in total. The van der Waals surface area contributed by atoms with Gasteiger partial charge in [-0.2, -0.15) is 15.4 Å². The van der Waals surface area contributed by atoms with Crippen molar-refractivity contribution < 1.29 is 51.7 Å². The molecular weight excluding hydrogens is 761 g/mol. The zero-order chi connectivity index (χ0) is 41.5. The molecule has 2 unspecified atom stereocenters. The Bertz CT molecular complexity index is 2010. The van der Waals surface area contributed by atoms with Crippen LogP contribution in [0, 0.1) is 23.2 Å². The van der Waals surface area contributed by atoms with Crippen molar-refractivity contribution in [2.45, 2.75) is 90.4 Å². The highest BCUT2D eigenvalue weighted by Crippen LogP contribution is 2.50. The molecule has 0 bridgehead atoms. The first-order valence-electron chi connectivity index (χ1n) is 18.7. The number of aromatic nitrogens is 3. The van der Waals surface area contributed by atoms with Crippen LogP contribution in [-0.4, -0.2) is 107 Å². The van der Waals surface area contributed by atoms with Crippen LogP contribution in [0.25, 0.3) is 5.52 Å². The molecule has 308 valence electrons. The fourth-order valence-electron chi connectivity index (χ4n) is 5.81. The van der Waals surface area contributed by atoms with Gasteiger partial charge in [0.1, 0.15) is 54.4 Å². The van der Waals surface area contributed by atoms with E-state index < -0.39 is 80.2 Å². The molecule has 0 saturated carbocycles. The van der Waals surface area contributed by atoms with Crippen LogP contribution < -0.4 is 9.61 Å². The van der Waals surface area contributed by atoms with Gasteiger partial charge in [0, 0.05) is 26.9 Å². The van der Waals surface area contributed by atoms with Crippen LogP contribution in [0.3, 0.4) is 0 Å². The standard InChI is InChI=1S/C38H50N7O11P/c1-23(2)35(46)53-32-31(29-14-15-30-34(40-22-41-45(29)30)42-26(6)44(7)8)55-38(20-39,33(32)54-36(47)24(3)4)21-51-57(49,56-28-12-10-9-11-13-28)43-25(5)37(48)52-27-16-18-50-19-17-27/h9-15,22-25,27,31-33H,16-19,21H2,1-8H3,(H,43,49)/t25?,31-,32-,33-,38+,57?/m0/s1. The fraction of sp³-hybridized carbons (Fsp3) is 0.553. The molecule has 4 heterocycles. The van der Waals surface area contributed by atoms with Gasteiger partial charge in [0.15, 0.2) is 18.0 Å². The highest BCUT2D eigenvalue weighted by molar-refractivity contribution is 7.52. The van der Waals surface area contributed by atoms with Gasteiger partial charge in [0.2, 0.25) is 5.60 Å². The van der Waals surface area contributed by atoms with Gasteiger partial charge in [-0.25, -0.2) is 19.1 Å². The average molecular weight is 812 g/mol. The molecule has 6 atom stereocenters. The van der Waals surface area contributed by atoms with Gasteiger partial charge in [-0.1, -0.05) is 45.9 Å². The van der Waals surface area contributed by atoms with Crippen molar-refractivity contribution in [1.82, 2.24) is 24.6 Å². The van der Waals surface area contributed by atoms with E-state index in [2.05, 4.69) is 26.2 Å². The summed E-state index contributed by atoms with van der Waals surface area (Å²) in [7, 11) is -0.932. The minimum absolute atomic E-state index is 0.114. The summed E-state index contributed by atoms with van der Waals surface area (Å²) in [5.74, 6) is -2.35. The lowest BCUT2D eigenvalue weighted by Gasteiger charge is -2.31. The number of hydrogen-bond acceptors (Lipinski definition) is 15. The number of nitrogens with zero attached hydrogens (tertiary/aromatic N) is 6. The molecule has 2 aromatic heterocycles.